The zero-order chi connectivity index (χ0) is 18.3. The second-order valence-corrected chi connectivity index (χ2v) is 7.85. The first-order valence-corrected chi connectivity index (χ1v) is 8.96. The quantitative estimate of drug-likeness (QED) is 0.678. The van der Waals surface area contributed by atoms with Gasteiger partial charge in [0.25, 0.3) is 0 Å². The number of nitrogens with zero attached hydrogens (tertiary/aromatic N) is 1. The van der Waals surface area contributed by atoms with Crippen LogP contribution in [0.3, 0.4) is 0 Å². The van der Waals surface area contributed by atoms with E-state index in [0.717, 1.165) is 45.9 Å². The van der Waals surface area contributed by atoms with E-state index in [9.17, 15) is 4.79 Å². The molecule has 0 spiro atoms. The predicted molar refractivity (Wildman–Crippen MR) is 105 cm³/mol. The molecule has 0 amide bonds. The molecule has 0 bridgehead atoms. The molecule has 1 aromatic carbocycles. The third kappa shape index (κ3) is 2.92. The second kappa shape index (κ2) is 6.13. The number of carbonyl (C=O) groups excluding carboxylic acids is 1. The van der Waals surface area contributed by atoms with Gasteiger partial charge in [0.15, 0.2) is 5.78 Å². The van der Waals surface area contributed by atoms with Gasteiger partial charge in [0.1, 0.15) is 0 Å². The Kier molecular flexibility index (Phi) is 3.91. The van der Waals surface area contributed by atoms with Crippen molar-refractivity contribution in [2.45, 2.75) is 33.6 Å². The number of aromatic amines is 1. The SMILES string of the molecule is Cc1cnccc1-c1[nH]c2c(c1Nc1ccccc1)C(=O)CC(C)(C)C2. The maximum absolute atomic E-state index is 13.0. The zero-order valence-electron chi connectivity index (χ0n) is 15.4. The fourth-order valence-corrected chi connectivity index (χ4v) is 3.80. The number of aromatic nitrogens is 2. The molecule has 2 heterocycles. The van der Waals surface area contributed by atoms with Crippen LogP contribution in [0, 0.1) is 12.3 Å². The molecule has 1 aliphatic carbocycles. The predicted octanol–water partition coefficient (Wildman–Crippen LogP) is 5.28. The van der Waals surface area contributed by atoms with Crippen molar-refractivity contribution < 1.29 is 4.79 Å². The molecule has 0 unspecified atom stereocenters. The van der Waals surface area contributed by atoms with Crippen LogP contribution in [-0.4, -0.2) is 15.8 Å². The molecule has 0 atom stereocenters. The van der Waals surface area contributed by atoms with Crippen molar-refractivity contribution in [2.24, 2.45) is 5.41 Å². The monoisotopic (exact) mass is 345 g/mol. The number of Topliss-reactive ketones (excluding diaryl/α,β-unsaturated/α-hetero) is 1. The van der Waals surface area contributed by atoms with Crippen LogP contribution in [0.15, 0.2) is 48.8 Å². The molecule has 0 radical (unpaired) electrons. The molecule has 0 saturated heterocycles. The van der Waals surface area contributed by atoms with Gasteiger partial charge in [-0.1, -0.05) is 32.0 Å². The summed E-state index contributed by atoms with van der Waals surface area (Å²) in [6, 6.07) is 12.0. The van der Waals surface area contributed by atoms with Crippen molar-refractivity contribution >= 4 is 17.2 Å². The number of hydrogen-bond acceptors (Lipinski definition) is 3. The topological polar surface area (TPSA) is 57.8 Å². The molecule has 4 rings (SSSR count). The second-order valence-electron chi connectivity index (χ2n) is 7.85. The number of rotatable bonds is 3. The van der Waals surface area contributed by atoms with Gasteiger partial charge in [0.2, 0.25) is 0 Å². The Morgan fingerprint density at radius 3 is 2.62 bits per heavy atom. The highest BCUT2D eigenvalue weighted by atomic mass is 16.1. The zero-order valence-corrected chi connectivity index (χ0v) is 15.4. The lowest BCUT2D eigenvalue weighted by atomic mass is 9.76. The molecule has 2 aromatic heterocycles. The Morgan fingerprint density at radius 1 is 1.12 bits per heavy atom. The lowest BCUT2D eigenvalue weighted by Crippen LogP contribution is -2.26. The molecule has 0 aliphatic heterocycles. The highest BCUT2D eigenvalue weighted by molar-refractivity contribution is 6.07. The minimum absolute atomic E-state index is 0.0243. The third-order valence-corrected chi connectivity index (χ3v) is 4.98. The number of nitrogens with one attached hydrogen (secondary N) is 2. The first-order valence-electron chi connectivity index (χ1n) is 8.96. The minimum Gasteiger partial charge on any atom is -0.356 e. The number of hydrogen-bond donors (Lipinski definition) is 2. The number of H-pyrrole nitrogens is 1. The van der Waals surface area contributed by atoms with E-state index in [4.69, 9.17) is 0 Å². The fraction of sp³-hybridized carbons (Fsp3) is 0.273. The maximum atomic E-state index is 13.0. The average Bonchev–Trinajstić information content (AvgIpc) is 2.93. The van der Waals surface area contributed by atoms with E-state index < -0.39 is 0 Å². The summed E-state index contributed by atoms with van der Waals surface area (Å²) in [4.78, 5) is 20.7. The molecule has 0 saturated carbocycles. The number of para-hydroxylation sites is 1. The summed E-state index contributed by atoms with van der Waals surface area (Å²) in [6.45, 7) is 6.34. The van der Waals surface area contributed by atoms with Crippen LogP contribution in [0.5, 0.6) is 0 Å². The van der Waals surface area contributed by atoms with E-state index in [-0.39, 0.29) is 11.2 Å². The average molecular weight is 345 g/mol. The number of aryl methyl sites for hydroxylation is 1. The van der Waals surface area contributed by atoms with Gasteiger partial charge in [-0.25, -0.2) is 0 Å². The normalized spacial score (nSPS) is 15.6. The van der Waals surface area contributed by atoms with Crippen LogP contribution < -0.4 is 5.32 Å². The van der Waals surface area contributed by atoms with E-state index in [2.05, 4.69) is 29.1 Å². The summed E-state index contributed by atoms with van der Waals surface area (Å²) in [6.07, 6.45) is 5.07. The van der Waals surface area contributed by atoms with Gasteiger partial charge in [-0.3, -0.25) is 9.78 Å². The summed E-state index contributed by atoms with van der Waals surface area (Å²) in [5.74, 6) is 0.198. The van der Waals surface area contributed by atoms with E-state index in [1.54, 1.807) is 6.20 Å². The van der Waals surface area contributed by atoms with Crippen molar-refractivity contribution in [3.63, 3.8) is 0 Å². The summed E-state index contributed by atoms with van der Waals surface area (Å²) in [5, 5.41) is 3.49. The van der Waals surface area contributed by atoms with E-state index in [1.807, 2.05) is 49.5 Å². The highest BCUT2D eigenvalue weighted by Gasteiger charge is 2.35. The third-order valence-electron chi connectivity index (χ3n) is 4.98. The number of carbonyl (C=O) groups is 1. The summed E-state index contributed by atoms with van der Waals surface area (Å²) >= 11 is 0. The summed E-state index contributed by atoms with van der Waals surface area (Å²) in [7, 11) is 0. The first-order chi connectivity index (χ1) is 12.4. The Morgan fingerprint density at radius 2 is 1.88 bits per heavy atom. The van der Waals surface area contributed by atoms with Crippen molar-refractivity contribution in [1.82, 2.24) is 9.97 Å². The molecule has 4 nitrogen and oxygen atoms in total. The number of fused-ring (bicyclic) bond motifs is 1. The molecule has 2 N–H and O–H groups in total. The smallest absolute Gasteiger partial charge is 0.167 e. The Balaban J connectivity index is 1.91. The molecule has 4 heteroatoms. The van der Waals surface area contributed by atoms with Crippen LogP contribution >= 0.6 is 0 Å². The first kappa shape index (κ1) is 16.6. The Labute approximate surface area is 153 Å². The van der Waals surface area contributed by atoms with Gasteiger partial charge in [-0.2, -0.15) is 0 Å². The van der Waals surface area contributed by atoms with Crippen molar-refractivity contribution in [2.75, 3.05) is 5.32 Å². The highest BCUT2D eigenvalue weighted by Crippen LogP contribution is 2.43. The van der Waals surface area contributed by atoms with Gasteiger partial charge < -0.3 is 10.3 Å². The van der Waals surface area contributed by atoms with Gasteiger partial charge >= 0.3 is 0 Å². The molecular formula is C22H23N3O. The largest absolute Gasteiger partial charge is 0.356 e. The molecule has 3 aromatic rings. The standard InChI is InChI=1S/C22H23N3O/c1-14-13-23-10-9-16(14)20-21(24-15-7-5-4-6-8-15)19-17(25-20)11-22(2,3)12-18(19)26/h4-10,13,24-25H,11-12H2,1-3H3. The molecule has 132 valence electrons. The van der Waals surface area contributed by atoms with Crippen LogP contribution in [0.1, 0.15) is 41.9 Å². The van der Waals surface area contributed by atoms with Gasteiger partial charge in [-0.05, 0) is 42.5 Å². The van der Waals surface area contributed by atoms with Crippen LogP contribution in [0.4, 0.5) is 11.4 Å². The lowest BCUT2D eigenvalue weighted by Gasteiger charge is -2.28. The maximum Gasteiger partial charge on any atom is 0.167 e. The van der Waals surface area contributed by atoms with Crippen LogP contribution in [-0.2, 0) is 6.42 Å². The van der Waals surface area contributed by atoms with Crippen molar-refractivity contribution in [1.29, 1.82) is 0 Å². The van der Waals surface area contributed by atoms with Crippen LogP contribution in [0.25, 0.3) is 11.3 Å². The van der Waals surface area contributed by atoms with E-state index >= 15 is 0 Å². The lowest BCUT2D eigenvalue weighted by molar-refractivity contribution is 0.0912. The number of anilines is 2. The Hall–Kier alpha value is -2.88. The molecule has 0 fully saturated rings. The van der Waals surface area contributed by atoms with Gasteiger partial charge in [0.05, 0.1) is 16.9 Å². The fourth-order valence-electron chi connectivity index (χ4n) is 3.80. The summed E-state index contributed by atoms with van der Waals surface area (Å²) < 4.78 is 0. The van der Waals surface area contributed by atoms with Gasteiger partial charge in [0, 0.05) is 35.8 Å². The van der Waals surface area contributed by atoms with Gasteiger partial charge in [-0.15, -0.1) is 0 Å². The van der Waals surface area contributed by atoms with Crippen molar-refractivity contribution in [3.8, 4) is 11.3 Å². The molecular weight excluding hydrogens is 322 g/mol. The Bertz CT molecular complexity index is 970. The van der Waals surface area contributed by atoms with Crippen molar-refractivity contribution in [3.05, 3.63) is 65.6 Å². The molecule has 26 heavy (non-hydrogen) atoms. The molecule has 1 aliphatic rings. The number of pyridine rings is 1. The van der Waals surface area contributed by atoms with Crippen LogP contribution in [0.2, 0.25) is 0 Å². The number of benzene rings is 1. The summed E-state index contributed by atoms with van der Waals surface area (Å²) in [5.41, 5.74) is 6.76. The minimum atomic E-state index is -0.0243. The van der Waals surface area contributed by atoms with E-state index in [1.165, 1.54) is 0 Å². The van der Waals surface area contributed by atoms with E-state index in [0.29, 0.717) is 6.42 Å². The number of ketones is 1.